The van der Waals surface area contributed by atoms with E-state index in [2.05, 4.69) is 11.9 Å². The second-order valence-electron chi connectivity index (χ2n) is 7.85. The lowest BCUT2D eigenvalue weighted by Crippen LogP contribution is -2.46. The molecule has 2 aromatic rings. The number of carbonyl (C=O) groups is 2. The van der Waals surface area contributed by atoms with Crippen molar-refractivity contribution in [1.82, 2.24) is 9.80 Å². The monoisotopic (exact) mass is 443 g/mol. The first-order valence-corrected chi connectivity index (χ1v) is 10.6. The summed E-state index contributed by atoms with van der Waals surface area (Å²) in [7, 11) is 2.05. The van der Waals surface area contributed by atoms with Crippen LogP contribution in [-0.2, 0) is 9.59 Å². The highest BCUT2D eigenvalue weighted by molar-refractivity contribution is 6.49. The van der Waals surface area contributed by atoms with Crippen molar-refractivity contribution in [2.45, 2.75) is 13.8 Å². The van der Waals surface area contributed by atoms with E-state index in [1.807, 2.05) is 36.9 Å². The molecule has 156 valence electrons. The van der Waals surface area contributed by atoms with Gasteiger partial charge in [-0.15, -0.1) is 0 Å². The van der Waals surface area contributed by atoms with E-state index in [-0.39, 0.29) is 16.8 Å². The van der Waals surface area contributed by atoms with E-state index in [1.54, 1.807) is 18.2 Å². The number of likely N-dealkylation sites (N-methyl/N-ethyl adjacent to an activating group) is 1. The van der Waals surface area contributed by atoms with E-state index >= 15 is 0 Å². The van der Waals surface area contributed by atoms with Gasteiger partial charge in [0.05, 0.1) is 21.3 Å². The summed E-state index contributed by atoms with van der Waals surface area (Å²) in [5.41, 5.74) is 4.01. The average Bonchev–Trinajstić information content (AvgIpc) is 2.95. The Balaban J connectivity index is 1.87. The molecular formula is C23H23Cl2N3O2. The molecule has 0 aliphatic carbocycles. The maximum absolute atomic E-state index is 13.6. The highest BCUT2D eigenvalue weighted by Crippen LogP contribution is 2.40. The van der Waals surface area contributed by atoms with Crippen LogP contribution in [0.2, 0.25) is 10.0 Å². The summed E-state index contributed by atoms with van der Waals surface area (Å²) in [5.74, 6) is -0.728. The molecule has 0 aromatic heterocycles. The third-order valence-corrected chi connectivity index (χ3v) is 6.51. The molecule has 1 saturated heterocycles. The molecule has 2 heterocycles. The first kappa shape index (κ1) is 20.9. The number of rotatable bonds is 3. The van der Waals surface area contributed by atoms with Gasteiger partial charge in [0.15, 0.2) is 0 Å². The summed E-state index contributed by atoms with van der Waals surface area (Å²) >= 11 is 12.6. The minimum Gasteiger partial charge on any atom is -0.364 e. The zero-order chi connectivity index (χ0) is 21.6. The van der Waals surface area contributed by atoms with Crippen LogP contribution < -0.4 is 4.90 Å². The van der Waals surface area contributed by atoms with Crippen LogP contribution in [0.15, 0.2) is 42.1 Å². The van der Waals surface area contributed by atoms with Crippen molar-refractivity contribution >= 4 is 46.3 Å². The zero-order valence-corrected chi connectivity index (χ0v) is 18.7. The molecule has 4 rings (SSSR count). The van der Waals surface area contributed by atoms with Crippen molar-refractivity contribution in [2.75, 3.05) is 38.1 Å². The van der Waals surface area contributed by atoms with Crippen LogP contribution in [0, 0.1) is 13.8 Å². The number of halogens is 2. The predicted molar refractivity (Wildman–Crippen MR) is 121 cm³/mol. The van der Waals surface area contributed by atoms with Gasteiger partial charge < -0.3 is 9.80 Å². The SMILES string of the molecule is Cc1ccc(C2=C(N3CCN(C)CC3)C(=O)N(c3cccc(Cl)c3Cl)C2=O)c(C)c1. The topological polar surface area (TPSA) is 43.9 Å². The van der Waals surface area contributed by atoms with Gasteiger partial charge in [-0.3, -0.25) is 9.59 Å². The lowest BCUT2D eigenvalue weighted by atomic mass is 9.97. The van der Waals surface area contributed by atoms with Crippen molar-refractivity contribution in [3.63, 3.8) is 0 Å². The van der Waals surface area contributed by atoms with Gasteiger partial charge in [0.25, 0.3) is 11.8 Å². The number of benzene rings is 2. The Morgan fingerprint density at radius 3 is 2.27 bits per heavy atom. The molecule has 0 atom stereocenters. The first-order valence-electron chi connectivity index (χ1n) is 9.87. The third kappa shape index (κ3) is 3.51. The average molecular weight is 444 g/mol. The minimum absolute atomic E-state index is 0.195. The maximum atomic E-state index is 13.6. The van der Waals surface area contributed by atoms with Crippen molar-refractivity contribution in [3.8, 4) is 0 Å². The van der Waals surface area contributed by atoms with E-state index in [4.69, 9.17) is 23.2 Å². The molecule has 30 heavy (non-hydrogen) atoms. The van der Waals surface area contributed by atoms with E-state index in [0.717, 1.165) is 34.7 Å². The van der Waals surface area contributed by atoms with Gasteiger partial charge in [-0.1, -0.05) is 53.0 Å². The highest BCUT2D eigenvalue weighted by Gasteiger charge is 2.44. The highest BCUT2D eigenvalue weighted by atomic mass is 35.5. The van der Waals surface area contributed by atoms with Crippen LogP contribution in [-0.4, -0.2) is 54.8 Å². The molecule has 5 nitrogen and oxygen atoms in total. The molecule has 2 amide bonds. The Morgan fingerprint density at radius 2 is 1.60 bits per heavy atom. The second kappa shape index (κ2) is 8.06. The fraction of sp³-hybridized carbons (Fsp3) is 0.304. The normalized spacial score (nSPS) is 18.0. The van der Waals surface area contributed by atoms with Gasteiger partial charge in [0.1, 0.15) is 5.70 Å². The molecule has 0 N–H and O–H groups in total. The summed E-state index contributed by atoms with van der Waals surface area (Å²) in [6.07, 6.45) is 0. The minimum atomic E-state index is -0.370. The van der Waals surface area contributed by atoms with Gasteiger partial charge in [0, 0.05) is 26.2 Å². The lowest BCUT2D eigenvalue weighted by molar-refractivity contribution is -0.120. The molecular weight excluding hydrogens is 421 g/mol. The lowest BCUT2D eigenvalue weighted by Gasteiger charge is -2.34. The molecule has 2 aromatic carbocycles. The third-order valence-electron chi connectivity index (χ3n) is 5.70. The second-order valence-corrected chi connectivity index (χ2v) is 8.64. The molecule has 0 spiro atoms. The summed E-state index contributed by atoms with van der Waals surface area (Å²) in [4.78, 5) is 32.6. The molecule has 0 saturated carbocycles. The van der Waals surface area contributed by atoms with Gasteiger partial charge in [-0.25, -0.2) is 4.90 Å². The number of nitrogens with zero attached hydrogens (tertiary/aromatic N) is 3. The van der Waals surface area contributed by atoms with Crippen LogP contribution in [0.5, 0.6) is 0 Å². The maximum Gasteiger partial charge on any atom is 0.282 e. The summed E-state index contributed by atoms with van der Waals surface area (Å²) < 4.78 is 0. The standard InChI is InChI=1S/C23H23Cl2N3O2/c1-14-7-8-16(15(2)13-14)19-21(27-11-9-26(3)10-12-27)23(30)28(22(19)29)18-6-4-5-17(24)20(18)25/h4-8,13H,9-12H2,1-3H3. The number of hydrogen-bond donors (Lipinski definition) is 0. The van der Waals surface area contributed by atoms with Gasteiger partial charge in [-0.2, -0.15) is 0 Å². The molecule has 0 bridgehead atoms. The van der Waals surface area contributed by atoms with Crippen molar-refractivity contribution < 1.29 is 9.59 Å². The predicted octanol–water partition coefficient (Wildman–Crippen LogP) is 4.14. The number of amides is 2. The van der Waals surface area contributed by atoms with Gasteiger partial charge in [-0.05, 0) is 44.2 Å². The fourth-order valence-corrected chi connectivity index (χ4v) is 4.44. The van der Waals surface area contributed by atoms with E-state index in [1.165, 1.54) is 0 Å². The van der Waals surface area contributed by atoms with Crippen LogP contribution in [0.3, 0.4) is 0 Å². The Hall–Kier alpha value is -2.34. The largest absolute Gasteiger partial charge is 0.364 e. The van der Waals surface area contributed by atoms with Crippen LogP contribution in [0.1, 0.15) is 16.7 Å². The number of aryl methyl sites for hydroxylation is 2. The Labute approximate surface area is 186 Å². The number of piperazine rings is 1. The number of carbonyl (C=O) groups excluding carboxylic acids is 2. The Morgan fingerprint density at radius 1 is 0.900 bits per heavy atom. The first-order chi connectivity index (χ1) is 14.3. The summed E-state index contributed by atoms with van der Waals surface area (Å²) in [5, 5.41) is 0.497. The van der Waals surface area contributed by atoms with Crippen LogP contribution in [0.4, 0.5) is 5.69 Å². The van der Waals surface area contributed by atoms with Crippen molar-refractivity contribution in [3.05, 3.63) is 68.8 Å². The van der Waals surface area contributed by atoms with Gasteiger partial charge >= 0.3 is 0 Å². The summed E-state index contributed by atoms with van der Waals surface area (Å²) in [6.45, 7) is 6.97. The fourth-order valence-electron chi connectivity index (χ4n) is 4.06. The van der Waals surface area contributed by atoms with Gasteiger partial charge in [0.2, 0.25) is 0 Å². The molecule has 0 unspecified atom stereocenters. The van der Waals surface area contributed by atoms with E-state index in [9.17, 15) is 9.59 Å². The smallest absolute Gasteiger partial charge is 0.282 e. The summed E-state index contributed by atoms with van der Waals surface area (Å²) in [6, 6.07) is 10.9. The molecule has 1 fully saturated rings. The zero-order valence-electron chi connectivity index (χ0n) is 17.2. The van der Waals surface area contributed by atoms with Crippen molar-refractivity contribution in [2.24, 2.45) is 0 Å². The molecule has 7 heteroatoms. The Kier molecular flexibility index (Phi) is 5.62. The number of imide groups is 1. The van der Waals surface area contributed by atoms with Crippen molar-refractivity contribution in [1.29, 1.82) is 0 Å². The molecule has 2 aliphatic heterocycles. The van der Waals surface area contributed by atoms with Crippen LogP contribution in [0.25, 0.3) is 5.57 Å². The number of anilines is 1. The number of hydrogen-bond acceptors (Lipinski definition) is 4. The molecule has 0 radical (unpaired) electrons. The quantitative estimate of drug-likeness (QED) is 0.668. The van der Waals surface area contributed by atoms with E-state index in [0.29, 0.717) is 35.1 Å². The van der Waals surface area contributed by atoms with E-state index < -0.39 is 0 Å². The Bertz CT molecular complexity index is 1070. The molecule has 2 aliphatic rings. The van der Waals surface area contributed by atoms with Crippen LogP contribution >= 0.6 is 23.2 Å².